The van der Waals surface area contributed by atoms with Crippen molar-refractivity contribution in [2.75, 3.05) is 41.1 Å². The zero-order chi connectivity index (χ0) is 39.4. The van der Waals surface area contributed by atoms with Gasteiger partial charge in [0.15, 0.2) is 5.60 Å². The number of nitrogens with zero attached hydrogens (tertiary/aromatic N) is 7. The van der Waals surface area contributed by atoms with Gasteiger partial charge in [-0.3, -0.25) is 29.3 Å². The lowest BCUT2D eigenvalue weighted by Crippen LogP contribution is -2.55. The van der Waals surface area contributed by atoms with Crippen molar-refractivity contribution in [3.63, 3.8) is 0 Å². The van der Waals surface area contributed by atoms with E-state index in [0.717, 1.165) is 30.0 Å². The van der Waals surface area contributed by atoms with Crippen LogP contribution in [0.3, 0.4) is 0 Å². The SMILES string of the molecule is C[C@H]1[C@H]([Si](C)(C)F)[C@@H](CCn2cc(CCO)nn2)O[C@]12C(=O)N(Cc1ccc(N3CN(c4ccccc4)C4(CCNCC4)C3=O)cc1)c1ccc([N+](=O)[O-])cc12. The Labute approximate surface area is 325 Å². The van der Waals surface area contributed by atoms with E-state index in [1.54, 1.807) is 34.9 Å². The standard InChI is InChI=1S/C40H47FN8O6Si/c1-27-36(56(2,3)41)35(15-21-45-25-29(16-22-50)43-44-45)55-40(27)33-23-32(49(53)54)13-14-34(33)46(38(40)52)24-28-9-11-30(12-10-28)47-26-48(31-7-5-4-6-8-31)39(37(47)51)17-19-42-20-18-39/h4-14,23,25,27,35-36,42,50H,15-22,24,26H2,1-3H3/t27-,35+,36-,40+/m0/s1. The Morgan fingerprint density at radius 3 is 2.45 bits per heavy atom. The summed E-state index contributed by atoms with van der Waals surface area (Å²) in [5, 5.41) is 33.0. The number of aliphatic hydroxyl groups is 1. The number of ether oxygens (including phenoxy) is 1. The molecule has 0 radical (unpaired) electrons. The highest BCUT2D eigenvalue weighted by Gasteiger charge is 2.67. The highest BCUT2D eigenvalue weighted by molar-refractivity contribution is 6.72. The monoisotopic (exact) mass is 782 g/mol. The van der Waals surface area contributed by atoms with Crippen LogP contribution in [0.1, 0.15) is 43.0 Å². The van der Waals surface area contributed by atoms with Gasteiger partial charge in [0, 0.05) is 66.3 Å². The average Bonchev–Trinajstić information content (AvgIpc) is 3.90. The van der Waals surface area contributed by atoms with Crippen LogP contribution in [0.5, 0.6) is 0 Å². The molecule has 4 aromatic rings. The Morgan fingerprint density at radius 1 is 1.04 bits per heavy atom. The molecule has 1 aromatic heterocycles. The predicted molar refractivity (Wildman–Crippen MR) is 210 cm³/mol. The number of non-ortho nitro benzene ring substituents is 1. The lowest BCUT2D eigenvalue weighted by atomic mass is 9.82. The second-order valence-electron chi connectivity index (χ2n) is 15.9. The number of amides is 2. The van der Waals surface area contributed by atoms with E-state index in [1.807, 2.05) is 66.4 Å². The van der Waals surface area contributed by atoms with E-state index in [0.29, 0.717) is 55.8 Å². The van der Waals surface area contributed by atoms with Crippen molar-refractivity contribution in [3.05, 3.63) is 106 Å². The third-order valence-electron chi connectivity index (χ3n) is 12.3. The second-order valence-corrected chi connectivity index (χ2v) is 19.7. The number of nitrogens with one attached hydrogen (secondary N) is 1. The van der Waals surface area contributed by atoms with Gasteiger partial charge in [-0.25, -0.2) is 0 Å². The maximum absolute atomic E-state index is 16.4. The van der Waals surface area contributed by atoms with Crippen LogP contribution in [0.25, 0.3) is 0 Å². The molecule has 3 saturated heterocycles. The summed E-state index contributed by atoms with van der Waals surface area (Å²) in [6.07, 6.45) is 3.15. The minimum atomic E-state index is -3.49. The number of carbonyl (C=O) groups excluding carboxylic acids is 2. The molecule has 3 fully saturated rings. The largest absolute Gasteiger partial charge is 0.396 e. The van der Waals surface area contributed by atoms with E-state index in [1.165, 1.54) is 12.1 Å². The lowest BCUT2D eigenvalue weighted by molar-refractivity contribution is -0.385. The van der Waals surface area contributed by atoms with Gasteiger partial charge in [-0.15, -0.1) is 5.10 Å². The van der Waals surface area contributed by atoms with Crippen molar-refractivity contribution in [1.29, 1.82) is 0 Å². The van der Waals surface area contributed by atoms with Crippen LogP contribution < -0.4 is 20.0 Å². The molecule has 16 heteroatoms. The van der Waals surface area contributed by atoms with E-state index < -0.39 is 42.0 Å². The first-order valence-electron chi connectivity index (χ1n) is 19.3. The van der Waals surface area contributed by atoms with Gasteiger partial charge in [-0.05, 0) is 81.3 Å². The molecule has 56 heavy (non-hydrogen) atoms. The number of aromatic nitrogens is 3. The molecule has 0 aliphatic carbocycles. The van der Waals surface area contributed by atoms with E-state index in [4.69, 9.17) is 4.74 Å². The van der Waals surface area contributed by atoms with Crippen LogP contribution in [0.2, 0.25) is 18.6 Å². The highest BCUT2D eigenvalue weighted by atomic mass is 28.4. The number of anilines is 3. The van der Waals surface area contributed by atoms with Crippen molar-refractivity contribution < 1.29 is 28.5 Å². The zero-order valence-electron chi connectivity index (χ0n) is 31.8. The van der Waals surface area contributed by atoms with E-state index in [-0.39, 0.29) is 30.7 Å². The van der Waals surface area contributed by atoms with Crippen LogP contribution in [0.15, 0.2) is 79.0 Å². The third-order valence-corrected chi connectivity index (χ3v) is 14.7. The summed E-state index contributed by atoms with van der Waals surface area (Å²) >= 11 is 0. The minimum Gasteiger partial charge on any atom is -0.396 e. The van der Waals surface area contributed by atoms with Crippen LogP contribution in [-0.2, 0) is 39.4 Å². The van der Waals surface area contributed by atoms with E-state index >= 15 is 4.11 Å². The Hall–Kier alpha value is -5.03. The topological polar surface area (TPSA) is 159 Å². The smallest absolute Gasteiger partial charge is 0.269 e. The van der Waals surface area contributed by atoms with Gasteiger partial charge in [0.2, 0.25) is 8.41 Å². The summed E-state index contributed by atoms with van der Waals surface area (Å²) in [6.45, 7) is 7.39. The number of hydrogen-bond acceptors (Lipinski definition) is 10. The number of hydrogen-bond donors (Lipinski definition) is 2. The predicted octanol–water partition coefficient (Wildman–Crippen LogP) is 5.07. The van der Waals surface area contributed by atoms with Crippen molar-refractivity contribution in [2.24, 2.45) is 5.92 Å². The van der Waals surface area contributed by atoms with Crippen LogP contribution in [0, 0.1) is 16.0 Å². The van der Waals surface area contributed by atoms with Crippen molar-refractivity contribution in [3.8, 4) is 0 Å². The number of benzene rings is 3. The van der Waals surface area contributed by atoms with E-state index in [9.17, 15) is 24.8 Å². The molecular weight excluding hydrogens is 736 g/mol. The molecule has 4 aliphatic heterocycles. The lowest BCUT2D eigenvalue weighted by Gasteiger charge is -2.39. The first-order valence-corrected chi connectivity index (χ1v) is 22.2. The number of nitro groups is 1. The normalized spacial score (nSPS) is 24.5. The molecule has 2 N–H and O–H groups in total. The fourth-order valence-electron chi connectivity index (χ4n) is 9.64. The van der Waals surface area contributed by atoms with Gasteiger partial charge in [0.05, 0.1) is 35.6 Å². The maximum Gasteiger partial charge on any atom is 0.269 e. The molecule has 4 atom stereocenters. The molecule has 294 valence electrons. The molecule has 3 aromatic carbocycles. The Kier molecular flexibility index (Phi) is 9.79. The molecule has 2 amide bonds. The Balaban J connectivity index is 1.08. The van der Waals surface area contributed by atoms with Crippen LogP contribution in [0.4, 0.5) is 26.9 Å². The van der Waals surface area contributed by atoms with Gasteiger partial charge in [-0.2, -0.15) is 0 Å². The number of carbonyl (C=O) groups is 2. The summed E-state index contributed by atoms with van der Waals surface area (Å²) in [6, 6.07) is 22.0. The number of fused-ring (bicyclic) bond motifs is 2. The molecule has 14 nitrogen and oxygen atoms in total. The van der Waals surface area contributed by atoms with Gasteiger partial charge in [0.25, 0.3) is 17.5 Å². The number of rotatable bonds is 11. The molecule has 0 bridgehead atoms. The molecule has 4 aliphatic rings. The van der Waals surface area contributed by atoms with Crippen molar-refractivity contribution >= 4 is 43.0 Å². The fourth-order valence-corrected chi connectivity index (χ4v) is 12.2. The molecule has 0 saturated carbocycles. The van der Waals surface area contributed by atoms with Crippen molar-refractivity contribution in [1.82, 2.24) is 20.3 Å². The third kappa shape index (κ3) is 6.28. The molecular formula is C40H47FN8O6Si. The second kappa shape index (κ2) is 14.5. The van der Waals surface area contributed by atoms with Crippen molar-refractivity contribution in [2.45, 2.75) is 81.6 Å². The number of aliphatic hydroxyl groups excluding tert-OH is 1. The molecule has 0 unspecified atom stereocenters. The molecule has 8 rings (SSSR count). The van der Waals surface area contributed by atoms with Gasteiger partial charge in [0.1, 0.15) is 5.54 Å². The van der Waals surface area contributed by atoms with Crippen LogP contribution >= 0.6 is 0 Å². The fraction of sp³-hybridized carbons (Fsp3) is 0.450. The Morgan fingerprint density at radius 2 is 1.77 bits per heavy atom. The average molecular weight is 783 g/mol. The number of aryl methyl sites for hydroxylation is 1. The quantitative estimate of drug-likeness (QED) is 0.0912. The molecule has 2 spiro atoms. The van der Waals surface area contributed by atoms with Gasteiger partial charge < -0.3 is 29.1 Å². The minimum absolute atomic E-state index is 0.0627. The summed E-state index contributed by atoms with van der Waals surface area (Å²) in [5.74, 6) is -0.952. The number of piperidine rings is 1. The summed E-state index contributed by atoms with van der Waals surface area (Å²) in [4.78, 5) is 46.4. The summed E-state index contributed by atoms with van der Waals surface area (Å²) in [7, 11) is -3.49. The van der Waals surface area contributed by atoms with E-state index in [2.05, 4.69) is 20.5 Å². The molecule has 5 heterocycles. The van der Waals surface area contributed by atoms with Gasteiger partial charge >= 0.3 is 0 Å². The first kappa shape index (κ1) is 37.9. The number of halogens is 1. The number of para-hydroxylation sites is 1. The van der Waals surface area contributed by atoms with Crippen LogP contribution in [-0.4, -0.2) is 83.3 Å². The maximum atomic E-state index is 16.4. The first-order chi connectivity index (χ1) is 26.9. The van der Waals surface area contributed by atoms with Gasteiger partial charge in [-0.1, -0.05) is 42.5 Å². The zero-order valence-corrected chi connectivity index (χ0v) is 32.8. The highest BCUT2D eigenvalue weighted by Crippen LogP contribution is 2.60. The number of nitro benzene ring substituents is 1. The summed E-state index contributed by atoms with van der Waals surface area (Å²) < 4.78 is 24.8. The Bertz CT molecular complexity index is 2120. The summed E-state index contributed by atoms with van der Waals surface area (Å²) in [5.41, 5.74) is 0.961.